The number of nitrogens with one attached hydrogen (secondary N) is 1. The molecule has 0 aliphatic carbocycles. The lowest BCUT2D eigenvalue weighted by atomic mass is 10.1. The molecule has 0 aliphatic heterocycles. The fourth-order valence-corrected chi connectivity index (χ4v) is 1.17. The van der Waals surface area contributed by atoms with Gasteiger partial charge < -0.3 is 10.4 Å². The molecule has 1 aromatic heterocycles. The van der Waals surface area contributed by atoms with Gasteiger partial charge in [0.2, 0.25) is 0 Å². The molecule has 0 unspecified atom stereocenters. The van der Waals surface area contributed by atoms with E-state index in [1.54, 1.807) is 6.20 Å². The van der Waals surface area contributed by atoms with Crippen LogP contribution >= 0.6 is 0 Å². The highest BCUT2D eigenvalue weighted by Gasteiger charge is 2.01. The fourth-order valence-electron chi connectivity index (χ4n) is 1.17. The first kappa shape index (κ1) is 10.7. The summed E-state index contributed by atoms with van der Waals surface area (Å²) in [6, 6.07) is 3.73. The number of aliphatic hydroxyl groups is 1. The summed E-state index contributed by atoms with van der Waals surface area (Å²) in [5, 5.41) is 11.0. The molecule has 0 aromatic carbocycles. The normalized spacial score (nSPS) is 9.86. The number of carbonyl (C=O) groups excluding carboxylic acids is 1. The summed E-state index contributed by atoms with van der Waals surface area (Å²) in [5.41, 5.74) is 1.13. The lowest BCUT2D eigenvalue weighted by molar-refractivity contribution is -0.118. The Bertz CT molecular complexity index is 313. The number of hydrogen-bond donors (Lipinski definition) is 2. The molecule has 0 atom stereocenters. The van der Waals surface area contributed by atoms with Crippen molar-refractivity contribution in [2.75, 3.05) is 11.9 Å². The molecule has 4 heteroatoms. The second kappa shape index (κ2) is 5.34. The van der Waals surface area contributed by atoms with E-state index in [1.165, 1.54) is 0 Å². The van der Waals surface area contributed by atoms with E-state index in [0.717, 1.165) is 18.4 Å². The molecule has 0 spiro atoms. The van der Waals surface area contributed by atoms with Gasteiger partial charge in [0.25, 0.3) is 5.91 Å². The van der Waals surface area contributed by atoms with E-state index >= 15 is 0 Å². The van der Waals surface area contributed by atoms with Gasteiger partial charge in [0.05, 0.1) is 0 Å². The van der Waals surface area contributed by atoms with Gasteiger partial charge in [-0.3, -0.25) is 4.79 Å². The molecular weight excluding hydrogens is 180 g/mol. The van der Waals surface area contributed by atoms with Crippen LogP contribution in [0, 0.1) is 0 Å². The average molecular weight is 194 g/mol. The van der Waals surface area contributed by atoms with Gasteiger partial charge >= 0.3 is 0 Å². The molecule has 0 saturated carbocycles. The Labute approximate surface area is 83.0 Å². The first-order valence-corrected chi connectivity index (χ1v) is 4.62. The smallest absolute Gasteiger partial charge is 0.251 e. The first-order chi connectivity index (χ1) is 6.76. The number of amides is 1. The molecule has 1 amide bonds. The van der Waals surface area contributed by atoms with Crippen LogP contribution in [0.15, 0.2) is 18.3 Å². The third-order valence-corrected chi connectivity index (χ3v) is 1.77. The van der Waals surface area contributed by atoms with Crippen LogP contribution in [0.3, 0.4) is 0 Å². The molecule has 2 N–H and O–H groups in total. The molecule has 4 nitrogen and oxygen atoms in total. The predicted molar refractivity (Wildman–Crippen MR) is 53.9 cm³/mol. The van der Waals surface area contributed by atoms with Crippen LogP contribution in [0.5, 0.6) is 0 Å². The molecule has 0 saturated heterocycles. The highest BCUT2D eigenvalue weighted by Crippen LogP contribution is 2.08. The fraction of sp³-hybridized carbons (Fsp3) is 0.400. The highest BCUT2D eigenvalue weighted by molar-refractivity contribution is 5.90. The number of carbonyl (C=O) groups is 1. The number of aromatic nitrogens is 1. The molecule has 0 bridgehead atoms. The van der Waals surface area contributed by atoms with Gasteiger partial charge in [-0.1, -0.05) is 13.3 Å². The summed E-state index contributed by atoms with van der Waals surface area (Å²) in [6.45, 7) is 1.58. The first-order valence-electron chi connectivity index (χ1n) is 4.62. The Kier molecular flexibility index (Phi) is 4.07. The second-order valence-electron chi connectivity index (χ2n) is 3.01. The van der Waals surface area contributed by atoms with E-state index in [9.17, 15) is 4.79 Å². The maximum Gasteiger partial charge on any atom is 0.251 e. The molecule has 1 rings (SSSR count). The lowest BCUT2D eigenvalue weighted by Crippen LogP contribution is -2.16. The maximum atomic E-state index is 10.8. The van der Waals surface area contributed by atoms with Crippen LogP contribution in [-0.2, 0) is 11.2 Å². The summed E-state index contributed by atoms with van der Waals surface area (Å²) >= 11 is 0. The summed E-state index contributed by atoms with van der Waals surface area (Å²) in [5.74, 6) is 0.0566. The Hall–Kier alpha value is -1.42. The molecule has 0 fully saturated rings. The topological polar surface area (TPSA) is 62.2 Å². The number of pyridine rings is 1. The van der Waals surface area contributed by atoms with E-state index in [0.29, 0.717) is 5.82 Å². The zero-order valence-electron chi connectivity index (χ0n) is 8.16. The van der Waals surface area contributed by atoms with Gasteiger partial charge in [-0.15, -0.1) is 0 Å². The van der Waals surface area contributed by atoms with Crippen molar-refractivity contribution in [3.8, 4) is 0 Å². The number of rotatable bonds is 4. The van der Waals surface area contributed by atoms with Crippen molar-refractivity contribution in [1.29, 1.82) is 0 Å². The quantitative estimate of drug-likeness (QED) is 0.750. The van der Waals surface area contributed by atoms with Gasteiger partial charge in [0.1, 0.15) is 12.4 Å². The van der Waals surface area contributed by atoms with Crippen molar-refractivity contribution in [2.45, 2.75) is 19.8 Å². The van der Waals surface area contributed by atoms with Gasteiger partial charge in [-0.05, 0) is 24.1 Å². The standard InChI is InChI=1S/C10H14N2O2/c1-2-3-8-4-5-11-9(6-8)12-10(14)7-13/h4-6,13H,2-3,7H2,1H3,(H,11,12,14). The van der Waals surface area contributed by atoms with Crippen molar-refractivity contribution in [2.24, 2.45) is 0 Å². The summed E-state index contributed by atoms with van der Waals surface area (Å²) in [7, 11) is 0. The monoisotopic (exact) mass is 194 g/mol. The predicted octanol–water partition coefficient (Wildman–Crippen LogP) is 0.965. The van der Waals surface area contributed by atoms with E-state index in [-0.39, 0.29) is 0 Å². The van der Waals surface area contributed by atoms with Crippen molar-refractivity contribution >= 4 is 11.7 Å². The zero-order valence-corrected chi connectivity index (χ0v) is 8.16. The number of aliphatic hydroxyl groups excluding tert-OH is 1. The Morgan fingerprint density at radius 1 is 1.64 bits per heavy atom. The molecule has 0 radical (unpaired) electrons. The summed E-state index contributed by atoms with van der Waals surface area (Å²) < 4.78 is 0. The van der Waals surface area contributed by atoms with Gasteiger partial charge in [-0.25, -0.2) is 4.98 Å². The van der Waals surface area contributed by atoms with Gasteiger partial charge in [0.15, 0.2) is 0 Å². The average Bonchev–Trinajstić information content (AvgIpc) is 2.19. The van der Waals surface area contributed by atoms with Crippen molar-refractivity contribution in [3.63, 3.8) is 0 Å². The van der Waals surface area contributed by atoms with Crippen molar-refractivity contribution in [1.82, 2.24) is 4.98 Å². The SMILES string of the molecule is CCCc1ccnc(NC(=O)CO)c1. The van der Waals surface area contributed by atoms with E-state index < -0.39 is 12.5 Å². The minimum absolute atomic E-state index is 0.439. The minimum atomic E-state index is -0.514. The highest BCUT2D eigenvalue weighted by atomic mass is 16.3. The van der Waals surface area contributed by atoms with Crippen LogP contribution in [0.4, 0.5) is 5.82 Å². The van der Waals surface area contributed by atoms with E-state index in [4.69, 9.17) is 5.11 Å². The molecule has 76 valence electrons. The van der Waals surface area contributed by atoms with Gasteiger partial charge in [0, 0.05) is 6.20 Å². The van der Waals surface area contributed by atoms with Crippen molar-refractivity contribution < 1.29 is 9.90 Å². The van der Waals surface area contributed by atoms with Crippen LogP contribution in [0.25, 0.3) is 0 Å². The van der Waals surface area contributed by atoms with Crippen LogP contribution in [0.2, 0.25) is 0 Å². The number of aryl methyl sites for hydroxylation is 1. The second-order valence-corrected chi connectivity index (χ2v) is 3.01. The molecule has 1 aromatic rings. The zero-order chi connectivity index (χ0) is 10.4. The third kappa shape index (κ3) is 3.14. The molecule has 0 aliphatic rings. The lowest BCUT2D eigenvalue weighted by Gasteiger charge is -2.03. The minimum Gasteiger partial charge on any atom is -0.387 e. The largest absolute Gasteiger partial charge is 0.387 e. The van der Waals surface area contributed by atoms with Crippen LogP contribution in [-0.4, -0.2) is 22.6 Å². The number of hydrogen-bond acceptors (Lipinski definition) is 3. The Morgan fingerprint density at radius 3 is 3.07 bits per heavy atom. The van der Waals surface area contributed by atoms with Crippen molar-refractivity contribution in [3.05, 3.63) is 23.9 Å². The van der Waals surface area contributed by atoms with E-state index in [2.05, 4.69) is 17.2 Å². The summed E-state index contributed by atoms with van der Waals surface area (Å²) in [6.07, 6.45) is 3.67. The maximum absolute atomic E-state index is 10.8. The Balaban J connectivity index is 2.68. The third-order valence-electron chi connectivity index (χ3n) is 1.77. The molecular formula is C10H14N2O2. The summed E-state index contributed by atoms with van der Waals surface area (Å²) in [4.78, 5) is 14.8. The van der Waals surface area contributed by atoms with Crippen LogP contribution in [0.1, 0.15) is 18.9 Å². The molecule has 14 heavy (non-hydrogen) atoms. The molecule has 1 heterocycles. The number of nitrogens with zero attached hydrogens (tertiary/aromatic N) is 1. The van der Waals surface area contributed by atoms with Crippen LogP contribution < -0.4 is 5.32 Å². The van der Waals surface area contributed by atoms with E-state index in [1.807, 2.05) is 12.1 Å². The van der Waals surface area contributed by atoms with Gasteiger partial charge in [-0.2, -0.15) is 0 Å². The number of anilines is 1. The Morgan fingerprint density at radius 2 is 2.43 bits per heavy atom.